The summed E-state index contributed by atoms with van der Waals surface area (Å²) in [5, 5.41) is 231. The molecular weight excluding hydrogens is 1310 g/mol. The van der Waals surface area contributed by atoms with Crippen LogP contribution in [0, 0.1) is 0 Å². The average Bonchev–Trinajstić information content (AvgIpc) is 0.789. The van der Waals surface area contributed by atoms with Gasteiger partial charge in [0, 0.05) is 13.1 Å². The highest BCUT2D eigenvalue weighted by atomic mass is 16.8. The summed E-state index contributed by atoms with van der Waals surface area (Å²) >= 11 is 0. The number of unbranched alkanes of at least 4 members (excludes halogenated alkanes) is 9. The van der Waals surface area contributed by atoms with Crippen LogP contribution in [-0.2, 0) is 71.1 Å². The number of aliphatic hydroxyl groups excluding tert-OH is 20. The topological polar surface area (TPSA) is 584 Å². The Morgan fingerprint density at radius 2 is 0.485 bits per heavy atom. The Balaban J connectivity index is 0.993. The number of carbonyl (C=O) groups excluding carboxylic acids is 1. The standard InChI is InChI=1S/C59H104N2O36/c1-59(2,3)97-58(82)61-15-13-11-9-7-5-4-6-8-10-12-14-60-16-23-44-30(68)37(75)51(83-23)91-45-24(17-62)85-53(39(77)32(45)70)93-47-26(19-64)87-55(41(79)34(47)72)95-49-28(21-66)89-57(43(81)36(49)74)96-50-29(22-67)88-56(42(80)35(50)73)94-48-27(20-65)86-54(40(78)33(48)71)92-46-25(18-63)84-52(90-44)38(76)31(46)69/h23-57,60,62-81H,4-22H2,1-3H3,(H,61,82)/t23-,24-,25-,26-,27-,28-,29-,30-,31-,32-,33-,34-,35-,36-,37-,38-,39-,40-,41-,42-,43-,44-,45-,46-,47-,48-,49-,50-,51-,52-,53-,54-,55-,56-,57-/m1/s1. The number of aliphatic hydroxyl groups is 20. The third-order valence-corrected chi connectivity index (χ3v) is 18.4. The van der Waals surface area contributed by atoms with Crippen molar-refractivity contribution < 1.29 is 178 Å². The SMILES string of the molecule is CC(C)(C)OC(=O)NCCCCCCCCCCCCNC[C@H]1O[C@@H]2O[C@H]3[C@H](O)[C@@H](O)[C@@H](O[C@H]4[C@H](O)[C@@H](O)[C@@H](O[C@H]5[C@H](O)[C@@H](O)[C@@H](O[C@H]6[C@H](O)[C@@H](O)[C@@H](O[C@H]7[C@H](O)[C@@H](O)[C@@H](O[C@H]8[C@H](O)[C@@H](O)[C@@H](O[C@H]1[C@H](O)[C@H]2O)O[C@@H]8CO)O[C@@H]7CO)O[C@@H]6CO)O[C@@H]5CO)O[C@@H]4CO)O[C@@H]3CO. The molecule has 1 amide bonds. The number of nitrogens with one attached hydrogen (secondary N) is 2. The smallest absolute Gasteiger partial charge is 0.407 e. The minimum Gasteiger partial charge on any atom is -0.444 e. The Morgan fingerprint density at radius 1 is 0.289 bits per heavy atom. The van der Waals surface area contributed by atoms with Crippen molar-refractivity contribution >= 4 is 6.09 Å². The van der Waals surface area contributed by atoms with E-state index in [9.17, 15) is 107 Å². The number of rotatable bonds is 21. The van der Waals surface area contributed by atoms with E-state index in [-0.39, 0.29) is 6.54 Å². The maximum atomic E-state index is 11.9. The van der Waals surface area contributed by atoms with Gasteiger partial charge in [0.2, 0.25) is 0 Å². The molecule has 14 bridgehead atoms. The van der Waals surface area contributed by atoms with Crippen molar-refractivity contribution in [2.45, 2.75) is 306 Å². The summed E-state index contributed by atoms with van der Waals surface area (Å²) in [6.45, 7) is -0.139. The van der Waals surface area contributed by atoms with Crippen LogP contribution in [0.4, 0.5) is 4.79 Å². The van der Waals surface area contributed by atoms with Gasteiger partial charge in [-0.1, -0.05) is 51.4 Å². The van der Waals surface area contributed by atoms with Gasteiger partial charge in [-0.15, -0.1) is 0 Å². The van der Waals surface area contributed by atoms with Gasteiger partial charge >= 0.3 is 6.09 Å². The van der Waals surface area contributed by atoms with Crippen LogP contribution in [0.3, 0.4) is 0 Å². The lowest BCUT2D eigenvalue weighted by Crippen LogP contribution is -2.68. The summed E-state index contributed by atoms with van der Waals surface area (Å²) in [4.78, 5) is 11.9. The highest BCUT2D eigenvalue weighted by Gasteiger charge is 2.60. The monoisotopic (exact) mass is 1420 g/mol. The van der Waals surface area contributed by atoms with Crippen molar-refractivity contribution in [1.82, 2.24) is 10.6 Å². The summed E-state index contributed by atoms with van der Waals surface area (Å²) in [5.74, 6) is 0. The van der Waals surface area contributed by atoms with Gasteiger partial charge in [-0.05, 0) is 40.2 Å². The van der Waals surface area contributed by atoms with Crippen molar-refractivity contribution in [2.75, 3.05) is 59.3 Å². The third-order valence-electron chi connectivity index (χ3n) is 18.4. The van der Waals surface area contributed by atoms with E-state index in [2.05, 4.69) is 10.6 Å². The van der Waals surface area contributed by atoms with E-state index in [1.807, 2.05) is 0 Å². The quantitative estimate of drug-likeness (QED) is 0.0475. The van der Waals surface area contributed by atoms with Gasteiger partial charge in [0.25, 0.3) is 0 Å². The molecule has 21 fully saturated rings. The highest BCUT2D eigenvalue weighted by molar-refractivity contribution is 5.67. The summed E-state index contributed by atoms with van der Waals surface area (Å²) in [6, 6.07) is 0. The van der Waals surface area contributed by atoms with Crippen LogP contribution in [-0.4, -0.2) is 388 Å². The molecule has 566 valence electrons. The van der Waals surface area contributed by atoms with Crippen LogP contribution >= 0.6 is 0 Å². The van der Waals surface area contributed by atoms with Gasteiger partial charge < -0.3 is 184 Å². The van der Waals surface area contributed by atoms with Gasteiger partial charge in [0.05, 0.1) is 39.6 Å². The Bertz CT molecular complexity index is 2290. The number of alkyl carbamates (subject to hydrolysis) is 1. The van der Waals surface area contributed by atoms with E-state index < -0.39 is 266 Å². The molecule has 0 aromatic carbocycles. The molecule has 0 aromatic rings. The lowest BCUT2D eigenvalue weighted by atomic mass is 9.95. The normalized spacial score (nSPS) is 46.5. The van der Waals surface area contributed by atoms with E-state index in [4.69, 9.17) is 71.1 Å². The third kappa shape index (κ3) is 19.6. The summed E-state index contributed by atoms with van der Waals surface area (Å²) < 4.78 is 87.2. The fourth-order valence-corrected chi connectivity index (χ4v) is 13.0. The maximum Gasteiger partial charge on any atom is 0.407 e. The minimum atomic E-state index is -2.21. The predicted molar refractivity (Wildman–Crippen MR) is 315 cm³/mol. The van der Waals surface area contributed by atoms with Gasteiger partial charge in [-0.2, -0.15) is 0 Å². The fraction of sp³-hybridized carbons (Fsp3) is 0.983. The first-order chi connectivity index (χ1) is 46.2. The number of carbonyl (C=O) groups is 1. The van der Waals surface area contributed by atoms with Crippen molar-refractivity contribution in [2.24, 2.45) is 0 Å². The molecule has 0 saturated carbocycles. The minimum absolute atomic E-state index is 0.206. The average molecular weight is 1420 g/mol. The Labute approximate surface area is 558 Å². The number of amides is 1. The second-order valence-corrected chi connectivity index (χ2v) is 26.6. The maximum absolute atomic E-state index is 11.9. The Hall–Kier alpha value is -2.13. The fourth-order valence-electron chi connectivity index (χ4n) is 13.0. The second-order valence-electron chi connectivity index (χ2n) is 26.6. The molecule has 38 heteroatoms. The number of ether oxygens (including phenoxy) is 15. The van der Waals surface area contributed by atoms with Crippen molar-refractivity contribution in [3.05, 3.63) is 0 Å². The van der Waals surface area contributed by atoms with Crippen LogP contribution in [0.25, 0.3) is 0 Å². The van der Waals surface area contributed by atoms with Gasteiger partial charge in [0.1, 0.15) is 177 Å². The van der Waals surface area contributed by atoms with Crippen LogP contribution in [0.2, 0.25) is 0 Å². The molecule has 0 unspecified atom stereocenters. The van der Waals surface area contributed by atoms with Crippen molar-refractivity contribution in [3.8, 4) is 0 Å². The second kappa shape index (κ2) is 37.0. The molecule has 35 atom stereocenters. The van der Waals surface area contributed by atoms with E-state index in [1.165, 1.54) is 0 Å². The summed E-state index contributed by atoms with van der Waals surface area (Å²) in [7, 11) is 0. The Morgan fingerprint density at radius 3 is 0.701 bits per heavy atom. The molecule has 21 heterocycles. The lowest BCUT2D eigenvalue weighted by Gasteiger charge is -2.50. The van der Waals surface area contributed by atoms with Crippen molar-refractivity contribution in [1.29, 1.82) is 0 Å². The first-order valence-corrected chi connectivity index (χ1v) is 33.2. The molecule has 21 aliphatic rings. The molecule has 97 heavy (non-hydrogen) atoms. The largest absolute Gasteiger partial charge is 0.444 e. The summed E-state index contributed by atoms with van der Waals surface area (Å²) in [5.41, 5.74) is -0.572. The molecule has 0 aromatic heterocycles. The van der Waals surface area contributed by atoms with Crippen molar-refractivity contribution in [3.63, 3.8) is 0 Å². The molecule has 0 radical (unpaired) electrons. The van der Waals surface area contributed by atoms with Crippen LogP contribution in [0.5, 0.6) is 0 Å². The van der Waals surface area contributed by atoms with E-state index in [0.717, 1.165) is 57.8 Å². The van der Waals surface area contributed by atoms with E-state index in [1.54, 1.807) is 20.8 Å². The van der Waals surface area contributed by atoms with Crippen LogP contribution in [0.15, 0.2) is 0 Å². The number of hydrogen-bond acceptors (Lipinski definition) is 37. The highest BCUT2D eigenvalue weighted by Crippen LogP contribution is 2.39. The molecule has 0 aliphatic carbocycles. The van der Waals surface area contributed by atoms with Gasteiger partial charge in [0.15, 0.2) is 44.0 Å². The first kappa shape index (κ1) is 80.6. The molecule has 0 spiro atoms. The lowest BCUT2D eigenvalue weighted by molar-refractivity contribution is -0.396. The van der Waals surface area contributed by atoms with E-state index >= 15 is 0 Å². The zero-order valence-corrected chi connectivity index (χ0v) is 54.1. The predicted octanol–water partition coefficient (Wildman–Crippen LogP) is -10.2. The van der Waals surface area contributed by atoms with Crippen LogP contribution in [0.1, 0.15) is 85.0 Å². The molecule has 21 rings (SSSR count). The zero-order valence-electron chi connectivity index (χ0n) is 54.1. The molecule has 22 N–H and O–H groups in total. The Kier molecular flexibility index (Phi) is 30.7. The van der Waals surface area contributed by atoms with Crippen LogP contribution < -0.4 is 10.6 Å². The van der Waals surface area contributed by atoms with E-state index in [0.29, 0.717) is 19.5 Å². The molecule has 21 saturated heterocycles. The van der Waals surface area contributed by atoms with Gasteiger partial charge in [-0.3, -0.25) is 0 Å². The number of hydrogen-bond donors (Lipinski definition) is 22. The molecule has 38 nitrogen and oxygen atoms in total. The molecule has 21 aliphatic heterocycles. The zero-order chi connectivity index (χ0) is 70.7. The van der Waals surface area contributed by atoms with Gasteiger partial charge in [-0.25, -0.2) is 4.79 Å². The first-order valence-electron chi connectivity index (χ1n) is 33.2. The molecular formula is C59H104N2O36. The summed E-state index contributed by atoms with van der Waals surface area (Å²) in [6.07, 6.45) is -60.6.